The van der Waals surface area contributed by atoms with Gasteiger partial charge in [-0.2, -0.15) is 0 Å². The first-order valence-corrected chi connectivity index (χ1v) is 8.35. The van der Waals surface area contributed by atoms with E-state index in [4.69, 9.17) is 4.42 Å². The molecule has 120 valence electrons. The van der Waals surface area contributed by atoms with E-state index in [1.807, 2.05) is 44.2 Å². The van der Waals surface area contributed by atoms with Gasteiger partial charge >= 0.3 is 4.87 Å². The first-order chi connectivity index (χ1) is 11.0. The summed E-state index contributed by atoms with van der Waals surface area (Å²) in [5, 5.41) is 5.73. The van der Waals surface area contributed by atoms with Crippen molar-refractivity contribution in [2.75, 3.05) is 0 Å². The number of hydrogen-bond donors (Lipinski definition) is 1. The van der Waals surface area contributed by atoms with Gasteiger partial charge in [0.1, 0.15) is 11.3 Å². The van der Waals surface area contributed by atoms with Gasteiger partial charge in [0.05, 0.1) is 6.04 Å². The van der Waals surface area contributed by atoms with Crippen molar-refractivity contribution in [2.45, 2.75) is 32.9 Å². The van der Waals surface area contributed by atoms with E-state index in [0.29, 0.717) is 6.54 Å². The molecule has 1 atom stereocenters. The van der Waals surface area contributed by atoms with Gasteiger partial charge in [-0.1, -0.05) is 29.5 Å². The monoisotopic (exact) mass is 330 g/mol. The summed E-state index contributed by atoms with van der Waals surface area (Å²) < 4.78 is 7.37. The number of benzene rings is 1. The van der Waals surface area contributed by atoms with Crippen LogP contribution < -0.4 is 10.2 Å². The summed E-state index contributed by atoms with van der Waals surface area (Å²) in [4.78, 5) is 23.7. The Balaban J connectivity index is 1.62. The van der Waals surface area contributed by atoms with E-state index in [-0.39, 0.29) is 23.2 Å². The predicted octanol–water partition coefficient (Wildman–Crippen LogP) is 3.23. The maximum atomic E-state index is 12.1. The van der Waals surface area contributed by atoms with Crippen LogP contribution in [0.1, 0.15) is 30.8 Å². The van der Waals surface area contributed by atoms with Crippen LogP contribution in [0.2, 0.25) is 0 Å². The van der Waals surface area contributed by atoms with Gasteiger partial charge < -0.3 is 14.3 Å². The summed E-state index contributed by atoms with van der Waals surface area (Å²) in [6, 6.07) is 9.47. The molecule has 1 amide bonds. The molecule has 3 rings (SSSR count). The molecule has 0 aliphatic heterocycles. The minimum Gasteiger partial charge on any atom is -0.459 e. The molecular formula is C17H18N2O3S. The standard InChI is InChI=1S/C17H18N2O3S/c1-11-10-23-17(21)19(11)8-7-16(20)18-12(2)15-9-13-5-3-4-6-14(13)22-15/h3-6,9-10,12H,7-8H2,1-2H3,(H,18,20). The topological polar surface area (TPSA) is 64.2 Å². The smallest absolute Gasteiger partial charge is 0.307 e. The van der Waals surface area contributed by atoms with Crippen LogP contribution in [-0.4, -0.2) is 10.5 Å². The lowest BCUT2D eigenvalue weighted by Gasteiger charge is -2.11. The first kappa shape index (κ1) is 15.6. The summed E-state index contributed by atoms with van der Waals surface area (Å²) in [6.07, 6.45) is 0.266. The fraction of sp³-hybridized carbons (Fsp3) is 0.294. The SMILES string of the molecule is Cc1csc(=O)n1CCC(=O)NC(C)c1cc2ccccc2o1. The second-order valence-corrected chi connectivity index (χ2v) is 6.34. The number of carbonyl (C=O) groups is 1. The van der Waals surface area contributed by atoms with Gasteiger partial charge in [-0.25, -0.2) is 0 Å². The van der Waals surface area contributed by atoms with Crippen molar-refractivity contribution in [1.82, 2.24) is 9.88 Å². The van der Waals surface area contributed by atoms with E-state index in [9.17, 15) is 9.59 Å². The van der Waals surface area contributed by atoms with Crippen molar-refractivity contribution in [3.8, 4) is 0 Å². The third kappa shape index (κ3) is 3.37. The minimum absolute atomic E-state index is 0.0272. The number of para-hydroxylation sites is 1. The molecule has 5 nitrogen and oxygen atoms in total. The lowest BCUT2D eigenvalue weighted by atomic mass is 10.2. The molecule has 3 aromatic rings. The number of rotatable bonds is 5. The van der Waals surface area contributed by atoms with E-state index >= 15 is 0 Å². The molecule has 1 unspecified atom stereocenters. The number of aryl methyl sites for hydroxylation is 1. The van der Waals surface area contributed by atoms with Crippen LogP contribution in [-0.2, 0) is 11.3 Å². The Morgan fingerprint density at radius 2 is 2.17 bits per heavy atom. The summed E-state index contributed by atoms with van der Waals surface area (Å²) in [7, 11) is 0. The molecule has 0 aliphatic rings. The van der Waals surface area contributed by atoms with E-state index in [1.54, 1.807) is 9.95 Å². The Morgan fingerprint density at radius 3 is 2.87 bits per heavy atom. The minimum atomic E-state index is -0.213. The Labute approximate surface area is 137 Å². The van der Waals surface area contributed by atoms with Crippen LogP contribution in [0.3, 0.4) is 0 Å². The van der Waals surface area contributed by atoms with Crippen LogP contribution in [0.15, 0.2) is 44.9 Å². The molecule has 23 heavy (non-hydrogen) atoms. The molecule has 1 aromatic carbocycles. The second kappa shape index (κ2) is 6.42. The fourth-order valence-electron chi connectivity index (χ4n) is 2.49. The van der Waals surface area contributed by atoms with Crippen LogP contribution in [0, 0.1) is 6.92 Å². The van der Waals surface area contributed by atoms with Crippen LogP contribution in [0.5, 0.6) is 0 Å². The van der Waals surface area contributed by atoms with Crippen LogP contribution in [0.4, 0.5) is 0 Å². The average Bonchev–Trinajstić information content (AvgIpc) is 3.09. The summed E-state index contributed by atoms with van der Waals surface area (Å²) in [5.74, 6) is 0.624. The maximum absolute atomic E-state index is 12.1. The summed E-state index contributed by atoms with van der Waals surface area (Å²) >= 11 is 1.16. The molecule has 0 saturated heterocycles. The van der Waals surface area contributed by atoms with Gasteiger partial charge in [0, 0.05) is 29.4 Å². The molecule has 0 aliphatic carbocycles. The van der Waals surface area contributed by atoms with E-state index < -0.39 is 0 Å². The second-order valence-electron chi connectivity index (χ2n) is 5.52. The number of nitrogens with one attached hydrogen (secondary N) is 1. The largest absolute Gasteiger partial charge is 0.459 e. The number of furan rings is 1. The molecule has 0 saturated carbocycles. The van der Waals surface area contributed by atoms with Crippen molar-refractivity contribution in [2.24, 2.45) is 0 Å². The van der Waals surface area contributed by atoms with Gasteiger partial charge in [-0.15, -0.1) is 0 Å². The molecule has 0 spiro atoms. The Morgan fingerprint density at radius 1 is 1.39 bits per heavy atom. The predicted molar refractivity (Wildman–Crippen MR) is 90.7 cm³/mol. The third-order valence-corrected chi connectivity index (χ3v) is 4.67. The van der Waals surface area contributed by atoms with Crippen LogP contribution >= 0.6 is 11.3 Å². The molecule has 6 heteroatoms. The highest BCUT2D eigenvalue weighted by molar-refractivity contribution is 7.07. The molecule has 2 heterocycles. The van der Waals surface area contributed by atoms with E-state index in [1.165, 1.54) is 0 Å². The Hall–Kier alpha value is -2.34. The molecule has 1 N–H and O–H groups in total. The first-order valence-electron chi connectivity index (χ1n) is 7.47. The fourth-order valence-corrected chi connectivity index (χ4v) is 3.25. The molecule has 0 bridgehead atoms. The highest BCUT2D eigenvalue weighted by atomic mass is 32.1. The van der Waals surface area contributed by atoms with Crippen molar-refractivity contribution in [1.29, 1.82) is 0 Å². The van der Waals surface area contributed by atoms with Crippen LogP contribution in [0.25, 0.3) is 11.0 Å². The highest BCUT2D eigenvalue weighted by Gasteiger charge is 2.14. The lowest BCUT2D eigenvalue weighted by Crippen LogP contribution is -2.28. The number of nitrogens with zero attached hydrogens (tertiary/aromatic N) is 1. The third-order valence-electron chi connectivity index (χ3n) is 3.79. The molecule has 0 fully saturated rings. The molecular weight excluding hydrogens is 312 g/mol. The zero-order valence-electron chi connectivity index (χ0n) is 13.0. The van der Waals surface area contributed by atoms with Gasteiger partial charge in [0.2, 0.25) is 5.91 Å². The number of carbonyl (C=O) groups excluding carboxylic acids is 1. The summed E-state index contributed by atoms with van der Waals surface area (Å²) in [6.45, 7) is 4.15. The van der Waals surface area contributed by atoms with Gasteiger partial charge in [0.15, 0.2) is 0 Å². The lowest BCUT2D eigenvalue weighted by molar-refractivity contribution is -0.122. The zero-order chi connectivity index (χ0) is 16.4. The van der Waals surface area contributed by atoms with Gasteiger partial charge in [0.25, 0.3) is 0 Å². The molecule has 2 aromatic heterocycles. The normalized spacial score (nSPS) is 12.4. The number of amides is 1. The maximum Gasteiger partial charge on any atom is 0.307 e. The van der Waals surface area contributed by atoms with Gasteiger partial charge in [-0.3, -0.25) is 9.59 Å². The number of hydrogen-bond acceptors (Lipinski definition) is 4. The number of thiazole rings is 1. The zero-order valence-corrected chi connectivity index (χ0v) is 13.9. The number of aromatic nitrogens is 1. The Kier molecular flexibility index (Phi) is 4.34. The Bertz CT molecular complexity index is 858. The average molecular weight is 330 g/mol. The van der Waals surface area contributed by atoms with Crippen molar-refractivity contribution in [3.63, 3.8) is 0 Å². The summed E-state index contributed by atoms with van der Waals surface area (Å²) in [5.41, 5.74) is 1.70. The van der Waals surface area contributed by atoms with Crippen molar-refractivity contribution >= 4 is 28.2 Å². The molecule has 0 radical (unpaired) electrons. The van der Waals surface area contributed by atoms with Gasteiger partial charge in [-0.05, 0) is 26.0 Å². The van der Waals surface area contributed by atoms with E-state index in [2.05, 4.69) is 5.32 Å². The van der Waals surface area contributed by atoms with Crippen molar-refractivity contribution in [3.05, 3.63) is 56.8 Å². The van der Waals surface area contributed by atoms with Crippen molar-refractivity contribution < 1.29 is 9.21 Å². The van der Waals surface area contributed by atoms with E-state index in [0.717, 1.165) is 33.8 Å². The highest BCUT2D eigenvalue weighted by Crippen LogP contribution is 2.23. The number of fused-ring (bicyclic) bond motifs is 1. The quantitative estimate of drug-likeness (QED) is 0.781.